The molecule has 0 aromatic carbocycles. The highest BCUT2D eigenvalue weighted by Crippen LogP contribution is 2.39. The van der Waals surface area contributed by atoms with Gasteiger partial charge >= 0.3 is 11.9 Å². The molecule has 3 atom stereocenters. The fourth-order valence-electron chi connectivity index (χ4n) is 2.23. The molecule has 9 heteroatoms. The van der Waals surface area contributed by atoms with Crippen LogP contribution in [0.3, 0.4) is 0 Å². The third kappa shape index (κ3) is 3.94. The zero-order valence-corrected chi connectivity index (χ0v) is 14.1. The molecular formula is C16H16N2O6S. The van der Waals surface area contributed by atoms with Crippen LogP contribution in [0, 0.1) is 5.92 Å². The summed E-state index contributed by atoms with van der Waals surface area (Å²) in [5, 5.41) is 8.32. The lowest BCUT2D eigenvalue weighted by molar-refractivity contribution is -0.174. The summed E-state index contributed by atoms with van der Waals surface area (Å²) in [6, 6.07) is 3.10. The summed E-state index contributed by atoms with van der Waals surface area (Å²) in [6.45, 7) is 4.55. The van der Waals surface area contributed by atoms with Gasteiger partial charge in [-0.25, -0.2) is 4.79 Å². The fraction of sp³-hybridized carbons (Fsp3) is 0.312. The highest BCUT2D eigenvalue weighted by molar-refractivity contribution is 8.14. The van der Waals surface area contributed by atoms with Gasteiger partial charge in [-0.2, -0.15) is 0 Å². The van der Waals surface area contributed by atoms with Gasteiger partial charge in [0.05, 0.1) is 12.0 Å². The van der Waals surface area contributed by atoms with Crippen molar-refractivity contribution in [2.45, 2.75) is 18.4 Å². The zero-order valence-electron chi connectivity index (χ0n) is 13.3. The van der Waals surface area contributed by atoms with Gasteiger partial charge in [0.25, 0.3) is 0 Å². The van der Waals surface area contributed by atoms with Crippen LogP contribution in [-0.4, -0.2) is 56.0 Å². The van der Waals surface area contributed by atoms with Crippen molar-refractivity contribution >= 4 is 34.7 Å². The van der Waals surface area contributed by atoms with Crippen molar-refractivity contribution in [2.75, 3.05) is 6.61 Å². The van der Waals surface area contributed by atoms with Crippen LogP contribution >= 0.6 is 11.8 Å². The average molecular weight is 364 g/mol. The molecule has 2 amide bonds. The Bertz CT molecular complexity index is 706. The van der Waals surface area contributed by atoms with E-state index >= 15 is 0 Å². The molecule has 0 bridgehead atoms. The lowest BCUT2D eigenvalue weighted by Crippen LogP contribution is -2.66. The molecule has 1 aromatic heterocycles. The van der Waals surface area contributed by atoms with Gasteiger partial charge in [0, 0.05) is 18.0 Å². The zero-order chi connectivity index (χ0) is 18.6. The molecule has 0 saturated carbocycles. The normalized spacial score (nSPS) is 20.4. The van der Waals surface area contributed by atoms with Crippen LogP contribution in [-0.2, 0) is 19.1 Å². The lowest BCUT2D eigenvalue weighted by atomic mass is 9.92. The largest absolute Gasteiger partial charge is 0.454 e. The predicted molar refractivity (Wildman–Crippen MR) is 88.1 cm³/mol. The second-order valence-corrected chi connectivity index (χ2v) is 6.29. The molecule has 1 aromatic rings. The molecule has 1 N–H and O–H groups in total. The predicted octanol–water partition coefficient (Wildman–Crippen LogP) is 0.376. The summed E-state index contributed by atoms with van der Waals surface area (Å²) in [7, 11) is 0. The van der Waals surface area contributed by atoms with E-state index < -0.39 is 40.3 Å². The topological polar surface area (TPSA) is 114 Å². The second-order valence-electron chi connectivity index (χ2n) is 5.20. The van der Waals surface area contributed by atoms with Gasteiger partial charge in [-0.05, 0) is 19.1 Å². The van der Waals surface area contributed by atoms with Crippen molar-refractivity contribution in [3.8, 4) is 0 Å². The minimum absolute atomic E-state index is 0.182. The van der Waals surface area contributed by atoms with Crippen molar-refractivity contribution in [3.63, 3.8) is 0 Å². The van der Waals surface area contributed by atoms with Crippen LogP contribution in [0.4, 0.5) is 0 Å². The van der Waals surface area contributed by atoms with Crippen LogP contribution in [0.5, 0.6) is 0 Å². The van der Waals surface area contributed by atoms with Crippen molar-refractivity contribution in [1.29, 1.82) is 0 Å². The number of likely N-dealkylation sites (tertiary alicyclic amines) is 1. The fourth-order valence-corrected chi connectivity index (χ4v) is 3.50. The summed E-state index contributed by atoms with van der Waals surface area (Å²) >= 11 is 0.675. The molecule has 132 valence electrons. The average Bonchev–Trinajstić information content (AvgIpc) is 2.59. The van der Waals surface area contributed by atoms with Crippen LogP contribution in [0.25, 0.3) is 0 Å². The third-order valence-corrected chi connectivity index (χ3v) is 4.65. The molecule has 2 rings (SSSR count). The van der Waals surface area contributed by atoms with Crippen molar-refractivity contribution in [3.05, 3.63) is 42.7 Å². The van der Waals surface area contributed by atoms with E-state index in [-0.39, 0.29) is 12.2 Å². The van der Waals surface area contributed by atoms with Crippen LogP contribution in [0.1, 0.15) is 17.3 Å². The molecule has 0 spiro atoms. The first-order valence-electron chi connectivity index (χ1n) is 7.32. The number of amides is 2. The van der Waals surface area contributed by atoms with E-state index in [9.17, 15) is 24.3 Å². The number of ether oxygens (including phenoxy) is 1. The van der Waals surface area contributed by atoms with Crippen LogP contribution in [0.2, 0.25) is 0 Å². The molecule has 1 aliphatic heterocycles. The number of aliphatic hydroxyl groups excluding tert-OH is 1. The smallest absolute Gasteiger partial charge is 0.397 e. The van der Waals surface area contributed by atoms with Crippen molar-refractivity contribution in [1.82, 2.24) is 9.88 Å². The van der Waals surface area contributed by atoms with Gasteiger partial charge in [-0.1, -0.05) is 24.4 Å². The van der Waals surface area contributed by atoms with Crippen molar-refractivity contribution < 1.29 is 29.0 Å². The van der Waals surface area contributed by atoms with E-state index in [0.29, 0.717) is 16.7 Å². The number of aliphatic hydroxyl groups is 1. The second kappa shape index (κ2) is 8.04. The van der Waals surface area contributed by atoms with Gasteiger partial charge < -0.3 is 9.84 Å². The number of hydrogen-bond donors (Lipinski definition) is 1. The van der Waals surface area contributed by atoms with E-state index in [1.807, 2.05) is 0 Å². The van der Waals surface area contributed by atoms with E-state index in [4.69, 9.17) is 0 Å². The van der Waals surface area contributed by atoms with E-state index in [1.54, 1.807) is 6.07 Å². The first-order valence-corrected chi connectivity index (χ1v) is 8.20. The molecule has 8 nitrogen and oxygen atoms in total. The minimum atomic E-state index is -1.23. The monoisotopic (exact) mass is 364 g/mol. The molecule has 1 saturated heterocycles. The first kappa shape index (κ1) is 18.8. The molecule has 0 unspecified atom stereocenters. The number of imide groups is 1. The Kier molecular flexibility index (Phi) is 6.05. The van der Waals surface area contributed by atoms with E-state index in [1.165, 1.54) is 31.5 Å². The Labute approximate surface area is 147 Å². The summed E-state index contributed by atoms with van der Waals surface area (Å²) in [6.07, 6.45) is 3.04. The maximum absolute atomic E-state index is 12.3. The van der Waals surface area contributed by atoms with Gasteiger partial charge in [-0.15, -0.1) is 0 Å². The van der Waals surface area contributed by atoms with E-state index in [2.05, 4.69) is 16.3 Å². The number of carbonyl (C=O) groups excluding carboxylic acids is 4. The Balaban J connectivity index is 2.16. The van der Waals surface area contributed by atoms with Gasteiger partial charge in [-0.3, -0.25) is 24.3 Å². The first-order chi connectivity index (χ1) is 11.9. The summed E-state index contributed by atoms with van der Waals surface area (Å²) < 4.78 is 4.62. The number of rotatable bonds is 5. The van der Waals surface area contributed by atoms with Gasteiger partial charge in [0.2, 0.25) is 11.0 Å². The molecule has 25 heavy (non-hydrogen) atoms. The Morgan fingerprint density at radius 2 is 2.24 bits per heavy atom. The summed E-state index contributed by atoms with van der Waals surface area (Å²) in [5.74, 6) is -4.11. The maximum atomic E-state index is 12.3. The number of carbonyl (C=O) groups is 4. The molecule has 1 aliphatic rings. The number of β-lactam (4-membered cyclic amide) rings is 1. The van der Waals surface area contributed by atoms with Crippen molar-refractivity contribution in [2.24, 2.45) is 5.92 Å². The van der Waals surface area contributed by atoms with Gasteiger partial charge in [0.15, 0.2) is 0 Å². The van der Waals surface area contributed by atoms with E-state index in [0.717, 1.165) is 0 Å². The summed E-state index contributed by atoms with van der Waals surface area (Å²) in [5.41, 5.74) is 0.276. The summed E-state index contributed by atoms with van der Waals surface area (Å²) in [4.78, 5) is 52.7. The Morgan fingerprint density at radius 1 is 1.52 bits per heavy atom. The molecule has 1 fully saturated rings. The lowest BCUT2D eigenvalue weighted by Gasteiger charge is -2.45. The number of hydrogen-bond acceptors (Lipinski definition) is 8. The quantitative estimate of drug-likeness (QED) is 0.345. The maximum Gasteiger partial charge on any atom is 0.397 e. The number of aromatic nitrogens is 1. The number of esters is 1. The number of nitrogens with zero attached hydrogens (tertiary/aromatic N) is 2. The van der Waals surface area contributed by atoms with Gasteiger partial charge in [0.1, 0.15) is 12.0 Å². The SMILES string of the molecule is C=CCOC(=O)C(=O)N1C(=O)[C@H]([C@@H](C)O)[C@H]1SC(=O)c1cccnc1. The van der Waals surface area contributed by atoms with Crippen LogP contribution in [0.15, 0.2) is 37.2 Å². The molecule has 2 heterocycles. The minimum Gasteiger partial charge on any atom is -0.454 e. The number of thioether (sulfide) groups is 1. The standard InChI is InChI=1S/C16H16N2O6S/c1-3-7-24-15(22)13(21)18-12(20)11(9(2)19)14(18)25-16(23)10-5-4-6-17-8-10/h3-6,8-9,11,14,19H,1,7H2,2H3/t9-,11+,14-/m1/s1. The Morgan fingerprint density at radius 3 is 2.80 bits per heavy atom. The number of pyridine rings is 1. The third-order valence-electron chi connectivity index (χ3n) is 3.45. The molecule has 0 aliphatic carbocycles. The van der Waals surface area contributed by atoms with Crippen LogP contribution < -0.4 is 0 Å². The molecular weight excluding hydrogens is 348 g/mol. The Hall–Kier alpha value is -2.52. The highest BCUT2D eigenvalue weighted by Gasteiger charge is 2.55. The highest BCUT2D eigenvalue weighted by atomic mass is 32.2. The molecule has 0 radical (unpaired) electrons.